The van der Waals surface area contributed by atoms with Gasteiger partial charge in [-0.3, -0.25) is 4.79 Å². The second kappa shape index (κ2) is 15.4. The van der Waals surface area contributed by atoms with Crippen LogP contribution in [-0.4, -0.2) is 37.9 Å². The minimum absolute atomic E-state index is 0.0421. The first-order valence-corrected chi connectivity index (χ1v) is 19.0. The van der Waals surface area contributed by atoms with Crippen molar-refractivity contribution in [2.24, 2.45) is 70.0 Å². The van der Waals surface area contributed by atoms with Crippen molar-refractivity contribution in [3.05, 3.63) is 0 Å². The number of aliphatic hydroxyl groups excluding tert-OH is 1. The number of rotatable bonds is 9. The third kappa shape index (κ3) is 7.19. The van der Waals surface area contributed by atoms with Crippen molar-refractivity contribution in [3.63, 3.8) is 0 Å². The average Bonchev–Trinajstić information content (AvgIpc) is 3.40. The van der Waals surface area contributed by atoms with E-state index < -0.39 is 0 Å². The number of aliphatic hydroxyl groups is 1. The summed E-state index contributed by atoms with van der Waals surface area (Å²) in [6, 6.07) is 0. The molecule has 8 aliphatic carbocycles. The lowest BCUT2D eigenvalue weighted by Gasteiger charge is -2.61. The van der Waals surface area contributed by atoms with Crippen LogP contribution >= 0.6 is 0 Å². The summed E-state index contributed by atoms with van der Waals surface area (Å²) in [5.74, 6) is 8.86. The zero-order chi connectivity index (χ0) is 32.2. The van der Waals surface area contributed by atoms with Gasteiger partial charge in [0.25, 0.3) is 0 Å². The minimum atomic E-state index is -0.181. The Morgan fingerprint density at radius 2 is 1.53 bits per heavy atom. The van der Waals surface area contributed by atoms with Crippen molar-refractivity contribution in [3.8, 4) is 12.8 Å². The van der Waals surface area contributed by atoms with Crippen molar-refractivity contribution >= 4 is 5.97 Å². The lowest BCUT2D eigenvalue weighted by molar-refractivity contribution is -0.186. The van der Waals surface area contributed by atoms with Crippen LogP contribution in [0.4, 0.5) is 0 Å². The van der Waals surface area contributed by atoms with Gasteiger partial charge in [0, 0.05) is 13.5 Å². The molecule has 5 nitrogen and oxygen atoms in total. The normalized spacial score (nSPS) is 44.6. The molecule has 1 N–H and O–H groups in total. The summed E-state index contributed by atoms with van der Waals surface area (Å²) in [5, 5.41) is 7.65. The van der Waals surface area contributed by atoms with Gasteiger partial charge in [0.05, 0.1) is 6.10 Å². The van der Waals surface area contributed by atoms with Crippen LogP contribution in [0.2, 0.25) is 0 Å². The average molecular weight is 627 g/mol. The highest BCUT2D eigenvalue weighted by Gasteiger charge is 2.60. The van der Waals surface area contributed by atoms with Gasteiger partial charge >= 0.3 is 5.97 Å². The van der Waals surface area contributed by atoms with E-state index in [0.29, 0.717) is 23.4 Å². The van der Waals surface area contributed by atoms with E-state index in [1.165, 1.54) is 110 Å². The van der Waals surface area contributed by atoms with Gasteiger partial charge in [0.15, 0.2) is 6.79 Å². The molecule has 0 spiro atoms. The van der Waals surface area contributed by atoms with Gasteiger partial charge < -0.3 is 19.3 Å². The van der Waals surface area contributed by atoms with E-state index in [2.05, 4.69) is 38.4 Å². The minimum Gasteiger partial charge on any atom is -0.438 e. The Labute approximate surface area is 275 Å². The zero-order valence-electron chi connectivity index (χ0n) is 29.2. The molecule has 0 radical (unpaired) electrons. The molecule has 8 fully saturated rings. The summed E-state index contributed by atoms with van der Waals surface area (Å²) in [6.07, 6.45) is 32.8. The van der Waals surface area contributed by atoms with Crippen LogP contribution in [0.15, 0.2) is 0 Å². The van der Waals surface area contributed by atoms with Crippen molar-refractivity contribution in [1.29, 1.82) is 0 Å². The molecule has 0 aliphatic heterocycles. The van der Waals surface area contributed by atoms with Crippen molar-refractivity contribution in [2.45, 2.75) is 142 Å². The van der Waals surface area contributed by atoms with E-state index in [1.807, 2.05) is 0 Å². The fourth-order valence-electron chi connectivity index (χ4n) is 13.4. The monoisotopic (exact) mass is 626 g/mol. The molecule has 8 saturated carbocycles. The van der Waals surface area contributed by atoms with Gasteiger partial charge in [-0.2, -0.15) is 0 Å². The molecule has 0 aromatic heterocycles. The number of methoxy groups -OCH3 is 1. The Balaban J connectivity index is 0.000000620. The Morgan fingerprint density at radius 1 is 0.867 bits per heavy atom. The molecule has 0 saturated heterocycles. The first kappa shape index (κ1) is 35.2. The van der Waals surface area contributed by atoms with Crippen LogP contribution in [-0.2, 0) is 19.0 Å². The van der Waals surface area contributed by atoms with Crippen molar-refractivity contribution in [2.75, 3.05) is 20.7 Å². The summed E-state index contributed by atoms with van der Waals surface area (Å²) in [4.78, 5) is 12.6. The molecule has 0 aromatic rings. The highest BCUT2D eigenvalue weighted by molar-refractivity contribution is 5.69. The van der Waals surface area contributed by atoms with E-state index in [-0.39, 0.29) is 19.6 Å². The number of ether oxygens (including phenoxy) is 3. The van der Waals surface area contributed by atoms with Crippen LogP contribution in [0, 0.1) is 82.9 Å². The molecule has 0 amide bonds. The predicted octanol–water partition coefficient (Wildman–Crippen LogP) is 9.02. The number of terminal acetylenes is 1. The first-order valence-electron chi connectivity index (χ1n) is 19.0. The Morgan fingerprint density at radius 3 is 2.20 bits per heavy atom. The number of carbonyl (C=O) groups excluding carboxylic acids is 1. The van der Waals surface area contributed by atoms with Gasteiger partial charge in [0.2, 0.25) is 0 Å². The molecule has 0 heterocycles. The molecule has 256 valence electrons. The van der Waals surface area contributed by atoms with Gasteiger partial charge in [-0.05, 0) is 166 Å². The van der Waals surface area contributed by atoms with E-state index in [4.69, 9.17) is 14.6 Å². The number of hydrogen-bond donors (Lipinski definition) is 1. The van der Waals surface area contributed by atoms with Crippen molar-refractivity contribution in [1.82, 2.24) is 0 Å². The first-order chi connectivity index (χ1) is 21.8. The second-order valence-corrected chi connectivity index (χ2v) is 17.1. The topological polar surface area (TPSA) is 65.0 Å². The van der Waals surface area contributed by atoms with Crippen LogP contribution in [0.3, 0.4) is 0 Å². The van der Waals surface area contributed by atoms with Gasteiger partial charge in [-0.1, -0.05) is 33.6 Å². The highest BCUT2D eigenvalue weighted by atomic mass is 16.7. The van der Waals surface area contributed by atoms with Crippen LogP contribution in [0.1, 0.15) is 136 Å². The molecule has 8 rings (SSSR count). The van der Waals surface area contributed by atoms with Crippen molar-refractivity contribution < 1.29 is 24.1 Å². The molecule has 4 bridgehead atoms. The number of hydrogen-bond acceptors (Lipinski definition) is 5. The second-order valence-electron chi connectivity index (χ2n) is 17.1. The smallest absolute Gasteiger partial charge is 0.307 e. The standard InChI is InChI=1S/C36H58O3.C2H6O2.C2H2/c1-23(7-6-9-33(37)38-22-39-34-26-18-24-17-25(20-26)21-27(34)19-24)30-12-13-31-29-11-10-28-8-4-5-15-35(28,2)32(29)14-16-36(30,31)3;1-4-2-3;1-2/h23-32,34H,4-22H2,1-3H3;3H,2H2,1H3;1-2H/t23?,24?,25?,26?,27?,28?,29?,30?,31?,32?,34?,35-,36+;;/m0../s1. The van der Waals surface area contributed by atoms with Gasteiger partial charge in [-0.15, -0.1) is 12.8 Å². The lowest BCUT2D eigenvalue weighted by Crippen LogP contribution is -2.53. The molecule has 5 heteroatoms. The molecule has 8 aliphatic rings. The van der Waals surface area contributed by atoms with Gasteiger partial charge in [-0.25, -0.2) is 0 Å². The Kier molecular flexibility index (Phi) is 12.1. The maximum Gasteiger partial charge on any atom is 0.307 e. The predicted molar refractivity (Wildman–Crippen MR) is 180 cm³/mol. The van der Waals surface area contributed by atoms with E-state index in [0.717, 1.165) is 65.6 Å². The summed E-state index contributed by atoms with van der Waals surface area (Å²) in [5.41, 5.74) is 1.18. The molecular weight excluding hydrogens is 560 g/mol. The van der Waals surface area contributed by atoms with E-state index >= 15 is 0 Å². The zero-order valence-corrected chi connectivity index (χ0v) is 29.2. The van der Waals surface area contributed by atoms with Gasteiger partial charge in [0.1, 0.15) is 6.79 Å². The fourth-order valence-corrected chi connectivity index (χ4v) is 13.4. The third-order valence-electron chi connectivity index (χ3n) is 15.1. The van der Waals surface area contributed by atoms with Crippen LogP contribution < -0.4 is 0 Å². The summed E-state index contributed by atoms with van der Waals surface area (Å²) < 4.78 is 15.9. The van der Waals surface area contributed by atoms with E-state index in [9.17, 15) is 4.79 Å². The number of esters is 1. The highest BCUT2D eigenvalue weighted by Crippen LogP contribution is 2.68. The largest absolute Gasteiger partial charge is 0.438 e. The van der Waals surface area contributed by atoms with Crippen LogP contribution in [0.5, 0.6) is 0 Å². The lowest BCUT2D eigenvalue weighted by atomic mass is 9.44. The molecular formula is C40H66O5. The molecule has 0 aromatic carbocycles. The summed E-state index contributed by atoms with van der Waals surface area (Å²) >= 11 is 0. The maximum atomic E-state index is 12.6. The molecule has 45 heavy (non-hydrogen) atoms. The fraction of sp³-hybridized carbons (Fsp3) is 0.925. The maximum absolute atomic E-state index is 12.6. The summed E-state index contributed by atoms with van der Waals surface area (Å²) in [7, 11) is 1.43. The molecule has 8 atom stereocenters. The summed E-state index contributed by atoms with van der Waals surface area (Å²) in [6.45, 7) is 7.90. The number of carbonyl (C=O) groups is 1. The Hall–Kier alpha value is -1.09. The third-order valence-corrected chi connectivity index (χ3v) is 15.1. The SMILES string of the molecule is C#C.CC(CCCC(=O)OCOC1C2CC3CC(C2)CC1C3)C1CCC2C3CCC4CCCC[C@]4(C)C3CC[C@]12C.COCO. The quantitative estimate of drug-likeness (QED) is 0.157. The molecule has 6 unspecified atom stereocenters. The number of fused-ring (bicyclic) bond motifs is 5. The van der Waals surface area contributed by atoms with E-state index in [1.54, 1.807) is 0 Å². The Bertz CT molecular complexity index is 947. The van der Waals surface area contributed by atoms with Crippen LogP contribution in [0.25, 0.3) is 0 Å².